The molecule has 1 atom stereocenters. The second-order valence-electron chi connectivity index (χ2n) is 5.59. The molecule has 0 radical (unpaired) electrons. The lowest BCUT2D eigenvalue weighted by Crippen LogP contribution is -2.49. The zero-order chi connectivity index (χ0) is 17.3. The van der Waals surface area contributed by atoms with Gasteiger partial charge in [0, 0.05) is 32.0 Å². The van der Waals surface area contributed by atoms with Crippen molar-refractivity contribution in [1.29, 1.82) is 5.26 Å². The first-order valence-electron chi connectivity index (χ1n) is 7.33. The van der Waals surface area contributed by atoms with Crippen LogP contribution in [0.15, 0.2) is 35.5 Å². The van der Waals surface area contributed by atoms with Crippen molar-refractivity contribution in [2.45, 2.75) is 10.9 Å². The van der Waals surface area contributed by atoms with Crippen molar-refractivity contribution in [3.63, 3.8) is 0 Å². The molecular formula is C15H16ClN5O2S. The van der Waals surface area contributed by atoms with Crippen LogP contribution >= 0.6 is 11.6 Å². The molecule has 1 aromatic carbocycles. The number of H-pyrrole nitrogens is 1. The minimum absolute atomic E-state index is 0.0752. The molecule has 0 saturated carbocycles. The van der Waals surface area contributed by atoms with Gasteiger partial charge in [-0.2, -0.15) is 9.57 Å². The maximum atomic E-state index is 12.9. The fraction of sp³-hybridized carbons (Fsp3) is 0.333. The number of halogens is 1. The molecule has 1 unspecified atom stereocenters. The number of piperazine rings is 1. The van der Waals surface area contributed by atoms with E-state index in [0.717, 1.165) is 5.82 Å². The number of benzene rings is 1. The fourth-order valence-corrected chi connectivity index (χ4v) is 4.35. The molecule has 2 heterocycles. The summed E-state index contributed by atoms with van der Waals surface area (Å²) >= 11 is 5.89. The number of nitrogens with one attached hydrogen (secondary N) is 1. The Kier molecular flexibility index (Phi) is 4.60. The number of hydrogen-bond donors (Lipinski definition) is 1. The zero-order valence-electron chi connectivity index (χ0n) is 13.0. The van der Waals surface area contributed by atoms with Crippen LogP contribution in [-0.4, -0.2) is 54.3 Å². The summed E-state index contributed by atoms with van der Waals surface area (Å²) < 4.78 is 27.2. The Morgan fingerprint density at radius 2 is 2.21 bits per heavy atom. The van der Waals surface area contributed by atoms with Gasteiger partial charge in [0.15, 0.2) is 0 Å². The smallest absolute Gasteiger partial charge is 0.243 e. The lowest BCUT2D eigenvalue weighted by molar-refractivity contribution is 0.142. The lowest BCUT2D eigenvalue weighted by Gasteiger charge is -2.37. The van der Waals surface area contributed by atoms with E-state index in [1.54, 1.807) is 12.4 Å². The first-order chi connectivity index (χ1) is 11.4. The first-order valence-corrected chi connectivity index (χ1v) is 9.14. The molecule has 1 aromatic heterocycles. The Morgan fingerprint density at radius 3 is 2.88 bits per heavy atom. The van der Waals surface area contributed by atoms with Crippen LogP contribution in [0.2, 0.25) is 5.02 Å². The van der Waals surface area contributed by atoms with E-state index in [-0.39, 0.29) is 28.1 Å². The molecule has 0 spiro atoms. The SMILES string of the molecule is CN1CCN(S(=O)(=O)c2ccc(Cl)c(C#N)c2)CC1c1ncc[nH]1. The molecule has 126 valence electrons. The molecule has 2 aromatic rings. The molecule has 24 heavy (non-hydrogen) atoms. The minimum atomic E-state index is -3.70. The number of sulfonamides is 1. The second-order valence-corrected chi connectivity index (χ2v) is 7.93. The van der Waals surface area contributed by atoms with E-state index < -0.39 is 10.0 Å². The van der Waals surface area contributed by atoms with E-state index in [0.29, 0.717) is 13.1 Å². The lowest BCUT2D eigenvalue weighted by atomic mass is 10.2. The van der Waals surface area contributed by atoms with Crippen LogP contribution in [0.1, 0.15) is 17.4 Å². The number of aromatic amines is 1. The van der Waals surface area contributed by atoms with Gasteiger partial charge in [0.25, 0.3) is 0 Å². The first kappa shape index (κ1) is 16.9. The van der Waals surface area contributed by atoms with Gasteiger partial charge >= 0.3 is 0 Å². The third kappa shape index (κ3) is 3.03. The van der Waals surface area contributed by atoms with Crippen LogP contribution in [0.3, 0.4) is 0 Å². The zero-order valence-corrected chi connectivity index (χ0v) is 14.5. The van der Waals surface area contributed by atoms with E-state index in [4.69, 9.17) is 16.9 Å². The largest absolute Gasteiger partial charge is 0.347 e. The van der Waals surface area contributed by atoms with Gasteiger partial charge in [-0.05, 0) is 25.2 Å². The summed E-state index contributed by atoms with van der Waals surface area (Å²) in [6.07, 6.45) is 3.37. The molecule has 1 aliphatic heterocycles. The molecule has 1 saturated heterocycles. The van der Waals surface area contributed by atoms with E-state index in [1.807, 2.05) is 13.1 Å². The van der Waals surface area contributed by atoms with Crippen molar-refractivity contribution in [3.8, 4) is 6.07 Å². The molecular weight excluding hydrogens is 350 g/mol. The molecule has 9 heteroatoms. The van der Waals surface area contributed by atoms with Gasteiger partial charge in [-0.1, -0.05) is 11.6 Å². The predicted molar refractivity (Wildman–Crippen MR) is 88.9 cm³/mol. The number of rotatable bonds is 3. The highest BCUT2D eigenvalue weighted by Gasteiger charge is 2.34. The van der Waals surface area contributed by atoms with Crippen LogP contribution in [-0.2, 0) is 10.0 Å². The van der Waals surface area contributed by atoms with Gasteiger partial charge in [-0.15, -0.1) is 0 Å². The van der Waals surface area contributed by atoms with Gasteiger partial charge in [0.05, 0.1) is 21.5 Å². The standard InChI is InChI=1S/C15H16ClN5O2S/c1-20-6-7-21(10-14(20)15-18-4-5-19-15)24(22,23)12-2-3-13(16)11(8-12)9-17/h2-5,8,14H,6-7,10H2,1H3,(H,18,19). The third-order valence-electron chi connectivity index (χ3n) is 4.14. The summed E-state index contributed by atoms with van der Waals surface area (Å²) in [6, 6.07) is 5.95. The summed E-state index contributed by atoms with van der Waals surface area (Å²) in [6.45, 7) is 1.25. The Bertz CT molecular complexity index is 876. The monoisotopic (exact) mass is 365 g/mol. The summed E-state index contributed by atoms with van der Waals surface area (Å²) in [5.74, 6) is 0.728. The average molecular weight is 366 g/mol. The predicted octanol–water partition coefficient (Wildman–Crippen LogP) is 1.61. The molecule has 0 aliphatic carbocycles. The molecule has 1 aliphatic rings. The van der Waals surface area contributed by atoms with Crippen LogP contribution in [0.5, 0.6) is 0 Å². The van der Waals surface area contributed by atoms with Crippen molar-refractivity contribution in [3.05, 3.63) is 47.0 Å². The maximum absolute atomic E-state index is 12.9. The van der Waals surface area contributed by atoms with Gasteiger partial charge < -0.3 is 4.98 Å². The number of hydrogen-bond acceptors (Lipinski definition) is 5. The van der Waals surface area contributed by atoms with Crippen LogP contribution in [0, 0.1) is 11.3 Å². The third-order valence-corrected chi connectivity index (χ3v) is 6.33. The van der Waals surface area contributed by atoms with Gasteiger partial charge in [0.2, 0.25) is 10.0 Å². The van der Waals surface area contributed by atoms with Crippen LogP contribution in [0.4, 0.5) is 0 Å². The van der Waals surface area contributed by atoms with Crippen molar-refractivity contribution in [1.82, 2.24) is 19.2 Å². The summed E-state index contributed by atoms with van der Waals surface area (Å²) in [7, 11) is -1.77. The van der Waals surface area contributed by atoms with Gasteiger partial charge in [0.1, 0.15) is 11.9 Å². The molecule has 0 bridgehead atoms. The average Bonchev–Trinajstić information content (AvgIpc) is 3.09. The molecule has 7 nitrogen and oxygen atoms in total. The number of aromatic nitrogens is 2. The summed E-state index contributed by atoms with van der Waals surface area (Å²) in [5, 5.41) is 9.30. The van der Waals surface area contributed by atoms with Crippen molar-refractivity contribution < 1.29 is 8.42 Å². The van der Waals surface area contributed by atoms with E-state index in [2.05, 4.69) is 14.9 Å². The maximum Gasteiger partial charge on any atom is 0.243 e. The second kappa shape index (κ2) is 6.53. The Balaban J connectivity index is 1.91. The normalized spacial score (nSPS) is 20.0. The number of nitrogens with zero attached hydrogens (tertiary/aromatic N) is 4. The number of likely N-dealkylation sites (N-methyl/N-ethyl adjacent to an activating group) is 1. The van der Waals surface area contributed by atoms with E-state index in [1.165, 1.54) is 22.5 Å². The Labute approximate surface area is 145 Å². The fourth-order valence-electron chi connectivity index (χ4n) is 2.72. The minimum Gasteiger partial charge on any atom is -0.347 e. The number of nitriles is 1. The summed E-state index contributed by atoms with van der Waals surface area (Å²) in [4.78, 5) is 9.42. The molecule has 0 amide bonds. The molecule has 1 N–H and O–H groups in total. The molecule has 3 rings (SSSR count). The quantitative estimate of drug-likeness (QED) is 0.891. The van der Waals surface area contributed by atoms with E-state index >= 15 is 0 Å². The van der Waals surface area contributed by atoms with Crippen LogP contribution in [0.25, 0.3) is 0 Å². The highest BCUT2D eigenvalue weighted by molar-refractivity contribution is 7.89. The van der Waals surface area contributed by atoms with Crippen molar-refractivity contribution >= 4 is 21.6 Å². The highest BCUT2D eigenvalue weighted by atomic mass is 35.5. The van der Waals surface area contributed by atoms with E-state index in [9.17, 15) is 8.42 Å². The van der Waals surface area contributed by atoms with Crippen LogP contribution < -0.4 is 0 Å². The topological polar surface area (TPSA) is 93.1 Å². The number of imidazole rings is 1. The highest BCUT2D eigenvalue weighted by Crippen LogP contribution is 2.27. The van der Waals surface area contributed by atoms with Gasteiger partial charge in [-0.3, -0.25) is 4.90 Å². The molecule has 1 fully saturated rings. The van der Waals surface area contributed by atoms with Gasteiger partial charge in [-0.25, -0.2) is 13.4 Å². The van der Waals surface area contributed by atoms with Crippen molar-refractivity contribution in [2.24, 2.45) is 0 Å². The Morgan fingerprint density at radius 1 is 1.42 bits per heavy atom. The summed E-state index contributed by atoms with van der Waals surface area (Å²) in [5.41, 5.74) is 0.148. The van der Waals surface area contributed by atoms with Crippen molar-refractivity contribution in [2.75, 3.05) is 26.7 Å². The Hall–Kier alpha value is -1.92.